The summed E-state index contributed by atoms with van der Waals surface area (Å²) in [5.74, 6) is -0.0915. The summed E-state index contributed by atoms with van der Waals surface area (Å²) in [6, 6.07) is 3.79. The number of carbonyl (C=O) groups excluding carboxylic acids is 1. The molecule has 1 aromatic heterocycles. The van der Waals surface area contributed by atoms with Crippen molar-refractivity contribution in [2.24, 2.45) is 0 Å². The Balaban J connectivity index is 2.21. The maximum Gasteiger partial charge on any atom is 0.316 e. The van der Waals surface area contributed by atoms with Crippen molar-refractivity contribution in [3.05, 3.63) is 30.1 Å². The highest BCUT2D eigenvalue weighted by Crippen LogP contribution is 2.48. The third-order valence-corrected chi connectivity index (χ3v) is 2.65. The molecule has 3 nitrogen and oxygen atoms in total. The lowest BCUT2D eigenvalue weighted by molar-refractivity contribution is -0.146. The maximum absolute atomic E-state index is 11.7. The number of nitrogens with zero attached hydrogens (tertiary/aromatic N) is 1. The van der Waals surface area contributed by atoms with Crippen molar-refractivity contribution in [2.75, 3.05) is 6.61 Å². The van der Waals surface area contributed by atoms with Gasteiger partial charge in [0, 0.05) is 12.4 Å². The molecule has 0 amide bonds. The normalized spacial score (nSPS) is 17.5. The standard InChI is InChI=1S/C11H13NO2/c1-2-14-10(13)11(5-6-11)9-3-7-12-8-4-9/h3-4,7-8H,2,5-6H2,1H3. The molecule has 0 unspecified atom stereocenters. The van der Waals surface area contributed by atoms with E-state index in [1.807, 2.05) is 19.1 Å². The van der Waals surface area contributed by atoms with Gasteiger partial charge in [-0.2, -0.15) is 0 Å². The van der Waals surface area contributed by atoms with Crippen LogP contribution in [0.2, 0.25) is 0 Å². The van der Waals surface area contributed by atoms with E-state index in [1.165, 1.54) is 0 Å². The van der Waals surface area contributed by atoms with Gasteiger partial charge in [-0.3, -0.25) is 9.78 Å². The van der Waals surface area contributed by atoms with Gasteiger partial charge in [-0.1, -0.05) is 0 Å². The highest BCUT2D eigenvalue weighted by molar-refractivity contribution is 5.86. The van der Waals surface area contributed by atoms with Gasteiger partial charge in [0.2, 0.25) is 0 Å². The minimum atomic E-state index is -0.348. The van der Waals surface area contributed by atoms with Crippen LogP contribution in [0, 0.1) is 0 Å². The zero-order valence-corrected chi connectivity index (χ0v) is 8.19. The van der Waals surface area contributed by atoms with E-state index in [0.29, 0.717) is 6.61 Å². The number of hydrogen-bond acceptors (Lipinski definition) is 3. The Hall–Kier alpha value is -1.38. The number of esters is 1. The molecule has 1 aliphatic rings. The van der Waals surface area contributed by atoms with E-state index in [9.17, 15) is 4.79 Å². The number of pyridine rings is 1. The van der Waals surface area contributed by atoms with Gasteiger partial charge in [0.25, 0.3) is 0 Å². The number of ether oxygens (including phenoxy) is 1. The van der Waals surface area contributed by atoms with Crippen molar-refractivity contribution in [3.63, 3.8) is 0 Å². The molecule has 1 saturated carbocycles. The Kier molecular flexibility index (Phi) is 2.23. The van der Waals surface area contributed by atoms with E-state index in [-0.39, 0.29) is 11.4 Å². The van der Waals surface area contributed by atoms with Crippen molar-refractivity contribution in [1.82, 2.24) is 4.98 Å². The van der Waals surface area contributed by atoms with Gasteiger partial charge in [0.1, 0.15) is 0 Å². The molecule has 74 valence electrons. The van der Waals surface area contributed by atoms with Gasteiger partial charge in [-0.15, -0.1) is 0 Å². The molecule has 1 aliphatic carbocycles. The molecule has 0 radical (unpaired) electrons. The second-order valence-corrected chi connectivity index (χ2v) is 3.54. The SMILES string of the molecule is CCOC(=O)C1(c2ccncc2)CC1. The average Bonchev–Trinajstić information content (AvgIpc) is 3.00. The highest BCUT2D eigenvalue weighted by Gasteiger charge is 2.52. The van der Waals surface area contributed by atoms with E-state index in [0.717, 1.165) is 18.4 Å². The summed E-state index contributed by atoms with van der Waals surface area (Å²) < 4.78 is 5.06. The number of hydrogen-bond donors (Lipinski definition) is 0. The van der Waals surface area contributed by atoms with Gasteiger partial charge in [0.05, 0.1) is 12.0 Å². The molecule has 1 fully saturated rings. The number of rotatable bonds is 3. The molecule has 0 aromatic carbocycles. The molecule has 1 aromatic rings. The highest BCUT2D eigenvalue weighted by atomic mass is 16.5. The first kappa shape index (κ1) is 9.19. The molecule has 0 saturated heterocycles. The Morgan fingerprint density at radius 1 is 1.50 bits per heavy atom. The Morgan fingerprint density at radius 3 is 2.64 bits per heavy atom. The second-order valence-electron chi connectivity index (χ2n) is 3.54. The first-order valence-corrected chi connectivity index (χ1v) is 4.87. The van der Waals surface area contributed by atoms with Crippen molar-refractivity contribution in [1.29, 1.82) is 0 Å². The van der Waals surface area contributed by atoms with Crippen molar-refractivity contribution in [2.45, 2.75) is 25.2 Å². The van der Waals surface area contributed by atoms with Gasteiger partial charge >= 0.3 is 5.97 Å². The van der Waals surface area contributed by atoms with Crippen LogP contribution >= 0.6 is 0 Å². The fraction of sp³-hybridized carbons (Fsp3) is 0.455. The van der Waals surface area contributed by atoms with Crippen LogP contribution in [0.5, 0.6) is 0 Å². The van der Waals surface area contributed by atoms with Crippen LogP contribution in [0.4, 0.5) is 0 Å². The molecule has 2 rings (SSSR count). The Labute approximate surface area is 83.1 Å². The molecule has 0 bridgehead atoms. The van der Waals surface area contributed by atoms with E-state index in [1.54, 1.807) is 12.4 Å². The van der Waals surface area contributed by atoms with Crippen molar-refractivity contribution >= 4 is 5.97 Å². The summed E-state index contributed by atoms with van der Waals surface area (Å²) in [6.07, 6.45) is 5.23. The number of aromatic nitrogens is 1. The molecule has 0 N–H and O–H groups in total. The molecular formula is C11H13NO2. The maximum atomic E-state index is 11.7. The lowest BCUT2D eigenvalue weighted by atomic mass is 9.97. The summed E-state index contributed by atoms with van der Waals surface area (Å²) in [7, 11) is 0. The van der Waals surface area contributed by atoms with Crippen LogP contribution in [0.1, 0.15) is 25.3 Å². The van der Waals surface area contributed by atoms with Crippen LogP contribution < -0.4 is 0 Å². The summed E-state index contributed by atoms with van der Waals surface area (Å²) >= 11 is 0. The minimum absolute atomic E-state index is 0.0915. The molecule has 14 heavy (non-hydrogen) atoms. The van der Waals surface area contributed by atoms with Crippen LogP contribution in [-0.2, 0) is 14.9 Å². The van der Waals surface area contributed by atoms with Gasteiger partial charge < -0.3 is 4.74 Å². The first-order chi connectivity index (χ1) is 6.79. The fourth-order valence-corrected chi connectivity index (χ4v) is 1.68. The van der Waals surface area contributed by atoms with Gasteiger partial charge in [-0.05, 0) is 37.5 Å². The molecule has 0 atom stereocenters. The lowest BCUT2D eigenvalue weighted by Gasteiger charge is -2.13. The van der Waals surface area contributed by atoms with Crippen LogP contribution in [-0.4, -0.2) is 17.6 Å². The Morgan fingerprint density at radius 2 is 2.14 bits per heavy atom. The molecule has 1 heterocycles. The van der Waals surface area contributed by atoms with Crippen molar-refractivity contribution in [3.8, 4) is 0 Å². The van der Waals surface area contributed by atoms with E-state index in [2.05, 4.69) is 4.98 Å². The predicted molar refractivity (Wildman–Crippen MR) is 51.8 cm³/mol. The monoisotopic (exact) mass is 191 g/mol. The summed E-state index contributed by atoms with van der Waals surface area (Å²) in [6.45, 7) is 2.28. The predicted octanol–water partition coefficient (Wildman–Crippen LogP) is 1.68. The zero-order chi connectivity index (χ0) is 10.0. The van der Waals surface area contributed by atoms with E-state index < -0.39 is 0 Å². The van der Waals surface area contributed by atoms with Gasteiger partial charge in [0.15, 0.2) is 0 Å². The fourth-order valence-electron chi connectivity index (χ4n) is 1.68. The van der Waals surface area contributed by atoms with Crippen LogP contribution in [0.3, 0.4) is 0 Å². The summed E-state index contributed by atoms with van der Waals surface area (Å²) in [5.41, 5.74) is 0.685. The van der Waals surface area contributed by atoms with Gasteiger partial charge in [-0.25, -0.2) is 0 Å². The molecular weight excluding hydrogens is 178 g/mol. The first-order valence-electron chi connectivity index (χ1n) is 4.87. The smallest absolute Gasteiger partial charge is 0.316 e. The lowest BCUT2D eigenvalue weighted by Crippen LogP contribution is -2.23. The summed E-state index contributed by atoms with van der Waals surface area (Å²) in [4.78, 5) is 15.6. The number of carbonyl (C=O) groups is 1. The zero-order valence-electron chi connectivity index (χ0n) is 8.19. The average molecular weight is 191 g/mol. The molecule has 3 heteroatoms. The van der Waals surface area contributed by atoms with E-state index in [4.69, 9.17) is 4.74 Å². The second kappa shape index (κ2) is 3.40. The topological polar surface area (TPSA) is 39.2 Å². The third-order valence-electron chi connectivity index (χ3n) is 2.65. The molecule has 0 aliphatic heterocycles. The van der Waals surface area contributed by atoms with Crippen molar-refractivity contribution < 1.29 is 9.53 Å². The van der Waals surface area contributed by atoms with E-state index >= 15 is 0 Å². The third kappa shape index (κ3) is 1.39. The largest absolute Gasteiger partial charge is 0.465 e. The quantitative estimate of drug-likeness (QED) is 0.682. The summed E-state index contributed by atoms with van der Waals surface area (Å²) in [5, 5.41) is 0. The minimum Gasteiger partial charge on any atom is -0.465 e. The Bertz CT molecular complexity index is 330. The van der Waals surface area contributed by atoms with Crippen LogP contribution in [0.25, 0.3) is 0 Å². The van der Waals surface area contributed by atoms with Crippen LogP contribution in [0.15, 0.2) is 24.5 Å². The molecule has 0 spiro atoms.